The number of hydrogen-bond donors (Lipinski definition) is 2. The first-order chi connectivity index (χ1) is 6.71. The van der Waals surface area contributed by atoms with Gasteiger partial charge in [0.15, 0.2) is 0 Å². The van der Waals surface area contributed by atoms with Crippen LogP contribution in [0.2, 0.25) is 0 Å². The molecule has 1 heterocycles. The largest absolute Gasteiger partial charge is 0.358 e. The lowest BCUT2D eigenvalue weighted by molar-refractivity contribution is 0.740. The average molecular weight is 186 g/mol. The lowest BCUT2D eigenvalue weighted by Crippen LogP contribution is -2.19. The first kappa shape index (κ1) is 8.06. The minimum atomic E-state index is -0.0380. The van der Waals surface area contributed by atoms with Crippen LogP contribution in [0.3, 0.4) is 0 Å². The topological polar surface area (TPSA) is 41.8 Å². The number of para-hydroxylation sites is 1. The zero-order chi connectivity index (χ0) is 9.76. The molecule has 0 atom stereocenters. The second kappa shape index (κ2) is 2.39. The zero-order valence-electron chi connectivity index (χ0n) is 8.30. The highest BCUT2D eigenvalue weighted by molar-refractivity contribution is 5.86. The van der Waals surface area contributed by atoms with Crippen molar-refractivity contribution in [2.45, 2.75) is 25.3 Å². The lowest BCUT2D eigenvalue weighted by Gasteiger charge is -2.08. The number of aromatic amines is 1. The van der Waals surface area contributed by atoms with Gasteiger partial charge in [0.1, 0.15) is 0 Å². The van der Waals surface area contributed by atoms with Crippen LogP contribution in [-0.4, -0.2) is 4.98 Å². The maximum Gasteiger partial charge on any atom is 0.0459 e. The number of fused-ring (bicyclic) bond motifs is 1. The van der Waals surface area contributed by atoms with Crippen molar-refractivity contribution in [2.24, 2.45) is 5.73 Å². The van der Waals surface area contributed by atoms with Crippen LogP contribution < -0.4 is 5.73 Å². The van der Waals surface area contributed by atoms with Crippen molar-refractivity contribution in [3.63, 3.8) is 0 Å². The predicted octanol–water partition coefficient (Wildman–Crippen LogP) is 2.42. The Bertz CT molecular complexity index is 492. The molecule has 2 nitrogen and oxygen atoms in total. The number of H-pyrrole nitrogens is 1. The van der Waals surface area contributed by atoms with E-state index in [0.717, 1.165) is 12.8 Å². The Morgan fingerprint density at radius 3 is 2.71 bits per heavy atom. The first-order valence-corrected chi connectivity index (χ1v) is 5.07. The Balaban J connectivity index is 2.36. The van der Waals surface area contributed by atoms with Gasteiger partial charge in [-0.15, -0.1) is 0 Å². The average Bonchev–Trinajstić information content (AvgIpc) is 2.79. The van der Waals surface area contributed by atoms with Crippen LogP contribution in [-0.2, 0) is 5.54 Å². The quantitative estimate of drug-likeness (QED) is 0.705. The molecule has 0 amide bonds. The van der Waals surface area contributed by atoms with Crippen LogP contribution in [0.5, 0.6) is 0 Å². The highest BCUT2D eigenvalue weighted by atomic mass is 14.9. The first-order valence-electron chi connectivity index (χ1n) is 5.07. The van der Waals surface area contributed by atoms with Crippen molar-refractivity contribution < 1.29 is 0 Å². The highest BCUT2D eigenvalue weighted by Gasteiger charge is 2.42. The molecule has 3 N–H and O–H groups in total. The van der Waals surface area contributed by atoms with Crippen LogP contribution in [0.25, 0.3) is 10.9 Å². The Kier molecular flexibility index (Phi) is 1.38. The van der Waals surface area contributed by atoms with Crippen molar-refractivity contribution in [3.8, 4) is 0 Å². The van der Waals surface area contributed by atoms with Gasteiger partial charge in [0, 0.05) is 27.7 Å². The maximum atomic E-state index is 6.26. The van der Waals surface area contributed by atoms with Crippen molar-refractivity contribution in [1.29, 1.82) is 0 Å². The number of benzene rings is 1. The number of aromatic nitrogens is 1. The molecule has 2 heteroatoms. The van der Waals surface area contributed by atoms with Gasteiger partial charge >= 0.3 is 0 Å². The second-order valence-electron chi connectivity index (χ2n) is 4.33. The molecule has 1 saturated carbocycles. The fraction of sp³-hybridized carbons (Fsp3) is 0.333. The maximum absolute atomic E-state index is 6.26. The number of hydrogen-bond acceptors (Lipinski definition) is 1. The molecule has 1 aliphatic carbocycles. The van der Waals surface area contributed by atoms with Gasteiger partial charge in [-0.1, -0.05) is 18.2 Å². The fourth-order valence-electron chi connectivity index (χ4n) is 2.30. The van der Waals surface area contributed by atoms with Crippen LogP contribution in [0.4, 0.5) is 0 Å². The Labute approximate surface area is 83.1 Å². The molecule has 1 aromatic heterocycles. The number of nitrogens with one attached hydrogen (secondary N) is 1. The van der Waals surface area contributed by atoms with Crippen LogP contribution in [0, 0.1) is 6.92 Å². The molecule has 0 bridgehead atoms. The summed E-state index contributed by atoms with van der Waals surface area (Å²) < 4.78 is 0. The van der Waals surface area contributed by atoms with Crippen molar-refractivity contribution in [1.82, 2.24) is 4.98 Å². The minimum absolute atomic E-state index is 0.0380. The van der Waals surface area contributed by atoms with Crippen LogP contribution in [0.1, 0.15) is 24.1 Å². The smallest absolute Gasteiger partial charge is 0.0459 e. The minimum Gasteiger partial charge on any atom is -0.358 e. The molecule has 0 aliphatic heterocycles. The monoisotopic (exact) mass is 186 g/mol. The Morgan fingerprint density at radius 1 is 1.29 bits per heavy atom. The number of nitrogens with two attached hydrogens (primary N) is 1. The van der Waals surface area contributed by atoms with E-state index >= 15 is 0 Å². The van der Waals surface area contributed by atoms with E-state index in [4.69, 9.17) is 5.73 Å². The van der Waals surface area contributed by atoms with Crippen molar-refractivity contribution in [2.75, 3.05) is 0 Å². The van der Waals surface area contributed by atoms with E-state index in [2.05, 4.69) is 36.2 Å². The standard InChI is InChI=1S/C12H14N2/c1-8-11(12(13)6-7-12)9-4-2-3-5-10(9)14-8/h2-5,14H,6-7,13H2,1H3. The lowest BCUT2D eigenvalue weighted by atomic mass is 10.0. The third-order valence-corrected chi connectivity index (χ3v) is 3.18. The van der Waals surface area contributed by atoms with E-state index in [9.17, 15) is 0 Å². The van der Waals surface area contributed by atoms with Gasteiger partial charge in [0.05, 0.1) is 0 Å². The normalized spacial score (nSPS) is 18.7. The van der Waals surface area contributed by atoms with Gasteiger partial charge in [0.25, 0.3) is 0 Å². The summed E-state index contributed by atoms with van der Waals surface area (Å²) in [7, 11) is 0. The number of aryl methyl sites for hydroxylation is 1. The molecule has 3 rings (SSSR count). The summed E-state index contributed by atoms with van der Waals surface area (Å²) in [6.45, 7) is 2.11. The van der Waals surface area contributed by atoms with Gasteiger partial charge in [0.2, 0.25) is 0 Å². The second-order valence-corrected chi connectivity index (χ2v) is 4.33. The molecule has 1 fully saturated rings. The van der Waals surface area contributed by atoms with E-state index in [-0.39, 0.29) is 5.54 Å². The van der Waals surface area contributed by atoms with Crippen molar-refractivity contribution in [3.05, 3.63) is 35.5 Å². The molecule has 72 valence electrons. The summed E-state index contributed by atoms with van der Waals surface area (Å²) in [6, 6.07) is 8.39. The van der Waals surface area contributed by atoms with Gasteiger partial charge in [-0.05, 0) is 25.8 Å². The fourth-order valence-corrected chi connectivity index (χ4v) is 2.30. The molecule has 0 unspecified atom stereocenters. The summed E-state index contributed by atoms with van der Waals surface area (Å²) in [5, 5.41) is 1.30. The zero-order valence-corrected chi connectivity index (χ0v) is 8.30. The summed E-state index contributed by atoms with van der Waals surface area (Å²) >= 11 is 0. The van der Waals surface area contributed by atoms with E-state index in [1.54, 1.807) is 0 Å². The van der Waals surface area contributed by atoms with E-state index in [1.165, 1.54) is 22.2 Å². The number of rotatable bonds is 1. The van der Waals surface area contributed by atoms with Gasteiger partial charge in [-0.3, -0.25) is 0 Å². The summed E-state index contributed by atoms with van der Waals surface area (Å²) in [5.41, 5.74) is 9.98. The van der Waals surface area contributed by atoms with Gasteiger partial charge in [-0.25, -0.2) is 0 Å². The Morgan fingerprint density at radius 2 is 2.00 bits per heavy atom. The highest BCUT2D eigenvalue weighted by Crippen LogP contribution is 2.46. The third-order valence-electron chi connectivity index (χ3n) is 3.18. The molecular formula is C12H14N2. The van der Waals surface area contributed by atoms with Crippen LogP contribution in [0.15, 0.2) is 24.3 Å². The van der Waals surface area contributed by atoms with Crippen LogP contribution >= 0.6 is 0 Å². The molecule has 0 saturated heterocycles. The van der Waals surface area contributed by atoms with E-state index < -0.39 is 0 Å². The molecule has 1 aliphatic rings. The van der Waals surface area contributed by atoms with E-state index in [0.29, 0.717) is 0 Å². The van der Waals surface area contributed by atoms with Gasteiger partial charge < -0.3 is 10.7 Å². The molecule has 14 heavy (non-hydrogen) atoms. The third kappa shape index (κ3) is 0.946. The summed E-state index contributed by atoms with van der Waals surface area (Å²) in [6.07, 6.45) is 2.24. The Hall–Kier alpha value is -1.28. The van der Waals surface area contributed by atoms with Crippen molar-refractivity contribution >= 4 is 10.9 Å². The SMILES string of the molecule is Cc1[nH]c2ccccc2c1C1(N)CC1. The molecule has 2 aromatic rings. The van der Waals surface area contributed by atoms with E-state index in [1.807, 2.05) is 0 Å². The molecule has 0 spiro atoms. The predicted molar refractivity (Wildman–Crippen MR) is 58.1 cm³/mol. The van der Waals surface area contributed by atoms with Gasteiger partial charge in [-0.2, -0.15) is 0 Å². The molecule has 1 aromatic carbocycles. The molecular weight excluding hydrogens is 172 g/mol. The summed E-state index contributed by atoms with van der Waals surface area (Å²) in [4.78, 5) is 3.39. The molecule has 0 radical (unpaired) electrons. The summed E-state index contributed by atoms with van der Waals surface area (Å²) in [5.74, 6) is 0.